The predicted molar refractivity (Wildman–Crippen MR) is 120 cm³/mol. The van der Waals surface area contributed by atoms with Crippen LogP contribution in [0.4, 0.5) is 15.1 Å². The van der Waals surface area contributed by atoms with Gasteiger partial charge in [-0.2, -0.15) is 0 Å². The smallest absolute Gasteiger partial charge is 0.404 e. The number of hydrogen-bond acceptors (Lipinski definition) is 7. The van der Waals surface area contributed by atoms with Crippen molar-refractivity contribution in [2.24, 2.45) is 10.9 Å². The molecule has 2 aromatic rings. The van der Waals surface area contributed by atoms with Gasteiger partial charge in [0.05, 0.1) is 18.8 Å². The fourth-order valence-corrected chi connectivity index (χ4v) is 3.23. The number of anilines is 1. The van der Waals surface area contributed by atoms with Gasteiger partial charge in [0.25, 0.3) is 8.32 Å². The van der Waals surface area contributed by atoms with Gasteiger partial charge in [0.1, 0.15) is 12.4 Å². The van der Waals surface area contributed by atoms with Crippen LogP contribution in [0, 0.1) is 5.82 Å². The molecule has 10 heteroatoms. The lowest BCUT2D eigenvalue weighted by molar-refractivity contribution is 0.149. The molecule has 0 aliphatic carbocycles. The summed E-state index contributed by atoms with van der Waals surface area (Å²) in [4.78, 5) is 21.5. The first-order valence-electron chi connectivity index (χ1n) is 9.99. The van der Waals surface area contributed by atoms with Gasteiger partial charge in [0.2, 0.25) is 5.95 Å². The Bertz CT molecular complexity index is 981. The molecule has 0 radical (unpaired) electrons. The van der Waals surface area contributed by atoms with Crippen LogP contribution in [0.3, 0.4) is 0 Å². The molecular formula is C21H28FN5O3Si. The van der Waals surface area contributed by atoms with Crippen molar-refractivity contribution < 1.29 is 18.4 Å². The van der Waals surface area contributed by atoms with Crippen LogP contribution in [0.25, 0.3) is 11.1 Å². The number of primary amides is 1. The number of rotatable bonds is 6. The zero-order valence-electron chi connectivity index (χ0n) is 18.5. The van der Waals surface area contributed by atoms with Gasteiger partial charge < -0.3 is 19.9 Å². The molecule has 0 spiro atoms. The van der Waals surface area contributed by atoms with Crippen molar-refractivity contribution in [3.05, 3.63) is 42.0 Å². The largest absolute Gasteiger partial charge is 0.455 e. The fourth-order valence-electron chi connectivity index (χ4n) is 2.60. The lowest BCUT2D eigenvalue weighted by atomic mass is 10.1. The van der Waals surface area contributed by atoms with Gasteiger partial charge in [-0.1, -0.05) is 39.0 Å². The monoisotopic (exact) mass is 445 g/mol. The number of carbonyl (C=O) groups is 1. The van der Waals surface area contributed by atoms with E-state index in [1.807, 2.05) is 4.90 Å². The third-order valence-corrected chi connectivity index (χ3v) is 9.80. The minimum atomic E-state index is -1.93. The highest BCUT2D eigenvalue weighted by molar-refractivity contribution is 6.74. The van der Waals surface area contributed by atoms with Crippen molar-refractivity contribution in [1.82, 2.24) is 9.97 Å². The minimum absolute atomic E-state index is 0.0952. The Morgan fingerprint density at radius 1 is 1.26 bits per heavy atom. The molecule has 1 aliphatic rings. The Morgan fingerprint density at radius 3 is 2.48 bits per heavy atom. The molecule has 1 saturated heterocycles. The Labute approximate surface area is 182 Å². The Hall–Kier alpha value is -3.01. The van der Waals surface area contributed by atoms with Gasteiger partial charge in [-0.15, -0.1) is 5.16 Å². The summed E-state index contributed by atoms with van der Waals surface area (Å²) < 4.78 is 25.3. The van der Waals surface area contributed by atoms with Gasteiger partial charge in [-0.3, -0.25) is 0 Å². The molecule has 0 atom stereocenters. The highest BCUT2D eigenvalue weighted by Crippen LogP contribution is 2.36. The Kier molecular flexibility index (Phi) is 6.30. The normalized spacial score (nSPS) is 14.1. The lowest BCUT2D eigenvalue weighted by Crippen LogP contribution is -2.49. The number of aromatic nitrogens is 2. The summed E-state index contributed by atoms with van der Waals surface area (Å²) in [5.41, 5.74) is 6.98. The van der Waals surface area contributed by atoms with E-state index in [0.717, 1.165) is 5.71 Å². The first-order chi connectivity index (χ1) is 14.5. The van der Waals surface area contributed by atoms with E-state index in [4.69, 9.17) is 10.3 Å². The second-order valence-corrected chi connectivity index (χ2v) is 13.7. The summed E-state index contributed by atoms with van der Waals surface area (Å²) in [5, 5.41) is 4.44. The molecule has 1 aromatic carbocycles. The van der Waals surface area contributed by atoms with Gasteiger partial charge >= 0.3 is 6.09 Å². The van der Waals surface area contributed by atoms with Crippen LogP contribution in [-0.2, 0) is 15.9 Å². The number of nitrogens with two attached hydrogens (primary N) is 1. The molecule has 31 heavy (non-hydrogen) atoms. The molecule has 1 aromatic heterocycles. The molecule has 0 bridgehead atoms. The topological polar surface area (TPSA) is 103 Å². The van der Waals surface area contributed by atoms with Gasteiger partial charge in [0, 0.05) is 29.1 Å². The standard InChI is InChI=1S/C21H28FN5O3Si/c1-21(2,3)31(4,5)30-26-16-11-27(12-16)20-24-9-15(10-25-20)17-8-6-7-14(18(17)22)13-29-19(23)28/h6-10H,11-13H2,1-5H3,(H2,23,28). The molecule has 166 valence electrons. The number of ether oxygens (including phenoxy) is 1. The fraction of sp³-hybridized carbons (Fsp3) is 0.429. The second-order valence-electron chi connectivity index (χ2n) is 9.02. The minimum Gasteiger partial charge on any atom is -0.455 e. The van der Waals surface area contributed by atoms with Crippen molar-refractivity contribution in [2.45, 2.75) is 45.5 Å². The number of hydrogen-bond donors (Lipinski definition) is 1. The van der Waals surface area contributed by atoms with Crippen LogP contribution in [-0.4, -0.2) is 43.2 Å². The molecule has 1 fully saturated rings. The summed E-state index contributed by atoms with van der Waals surface area (Å²) >= 11 is 0. The van der Waals surface area contributed by atoms with Crippen LogP contribution in [0.5, 0.6) is 0 Å². The van der Waals surface area contributed by atoms with Crippen molar-refractivity contribution in [3.63, 3.8) is 0 Å². The van der Waals surface area contributed by atoms with Crippen LogP contribution < -0.4 is 10.6 Å². The SMILES string of the molecule is CC(C)(C)[Si](C)(C)ON=C1CN(c2ncc(-c3cccc(COC(N)=O)c3F)cn2)C1. The first-order valence-corrected chi connectivity index (χ1v) is 12.9. The molecule has 8 nitrogen and oxygen atoms in total. The third kappa shape index (κ3) is 5.19. The summed E-state index contributed by atoms with van der Waals surface area (Å²) in [6.45, 7) is 11.8. The zero-order valence-corrected chi connectivity index (χ0v) is 19.5. The number of benzene rings is 1. The molecule has 2 N–H and O–H groups in total. The van der Waals surface area contributed by atoms with Crippen LogP contribution in [0.15, 0.2) is 35.7 Å². The molecule has 1 aliphatic heterocycles. The van der Waals surface area contributed by atoms with Crippen LogP contribution in [0.1, 0.15) is 26.3 Å². The lowest BCUT2D eigenvalue weighted by Gasteiger charge is -2.36. The summed E-state index contributed by atoms with van der Waals surface area (Å²) in [6.07, 6.45) is 2.19. The van der Waals surface area contributed by atoms with E-state index in [2.05, 4.69) is 53.7 Å². The average Bonchev–Trinajstić information content (AvgIpc) is 2.65. The quantitative estimate of drug-likeness (QED) is 0.531. The molecule has 1 amide bonds. The van der Waals surface area contributed by atoms with Crippen molar-refractivity contribution in [1.29, 1.82) is 0 Å². The number of nitrogens with zero attached hydrogens (tertiary/aromatic N) is 4. The van der Waals surface area contributed by atoms with Crippen LogP contribution >= 0.6 is 0 Å². The third-order valence-electron chi connectivity index (χ3n) is 5.64. The van der Waals surface area contributed by atoms with Gasteiger partial charge in [-0.05, 0) is 18.1 Å². The predicted octanol–water partition coefficient (Wildman–Crippen LogP) is 4.08. The van der Waals surface area contributed by atoms with Gasteiger partial charge in [0.15, 0.2) is 0 Å². The van der Waals surface area contributed by atoms with Crippen molar-refractivity contribution >= 4 is 26.1 Å². The summed E-state index contributed by atoms with van der Waals surface area (Å²) in [5.74, 6) is 0.0462. The maximum atomic E-state index is 14.7. The number of carbonyl (C=O) groups excluding carboxylic acids is 1. The molecule has 0 saturated carbocycles. The van der Waals surface area contributed by atoms with E-state index in [-0.39, 0.29) is 17.2 Å². The van der Waals surface area contributed by atoms with Crippen LogP contribution in [0.2, 0.25) is 18.1 Å². The molecule has 0 unspecified atom stereocenters. The van der Waals surface area contributed by atoms with E-state index in [1.165, 1.54) is 6.07 Å². The maximum Gasteiger partial charge on any atom is 0.404 e. The van der Waals surface area contributed by atoms with E-state index < -0.39 is 20.2 Å². The number of halogens is 1. The summed E-state index contributed by atoms with van der Waals surface area (Å²) in [7, 11) is -1.93. The van der Waals surface area contributed by atoms with E-state index in [9.17, 15) is 9.18 Å². The highest BCUT2D eigenvalue weighted by atomic mass is 28.4. The average molecular weight is 446 g/mol. The van der Waals surface area contributed by atoms with E-state index in [1.54, 1.807) is 24.5 Å². The van der Waals surface area contributed by atoms with E-state index >= 15 is 0 Å². The Morgan fingerprint density at radius 2 is 1.90 bits per heavy atom. The maximum absolute atomic E-state index is 14.7. The Balaban J connectivity index is 1.64. The van der Waals surface area contributed by atoms with Crippen molar-refractivity contribution in [3.8, 4) is 11.1 Å². The van der Waals surface area contributed by atoms with E-state index in [0.29, 0.717) is 30.2 Å². The van der Waals surface area contributed by atoms with Gasteiger partial charge in [-0.25, -0.2) is 19.2 Å². The highest BCUT2D eigenvalue weighted by Gasteiger charge is 2.40. The molecular weight excluding hydrogens is 417 g/mol. The first kappa shape index (κ1) is 22.7. The summed E-state index contributed by atoms with van der Waals surface area (Å²) in [6, 6.07) is 4.82. The zero-order chi connectivity index (χ0) is 22.8. The second kappa shape index (κ2) is 8.62. The molecule has 2 heterocycles. The molecule has 3 rings (SSSR count). The van der Waals surface area contributed by atoms with Crippen molar-refractivity contribution in [2.75, 3.05) is 18.0 Å². The number of amides is 1. The number of oxime groups is 1.